The molecular formula is C12H16F3N3O4S2. The Morgan fingerprint density at radius 3 is 2.21 bits per heavy atom. The second-order valence-electron chi connectivity index (χ2n) is 5.32. The Hall–Kier alpha value is -1.37. The molecule has 0 radical (unpaired) electrons. The monoisotopic (exact) mass is 387 g/mol. The Morgan fingerprint density at radius 1 is 1.12 bits per heavy atom. The molecular weight excluding hydrogens is 371 g/mol. The maximum absolute atomic E-state index is 12.9. The van der Waals surface area contributed by atoms with Crippen LogP contribution in [0.15, 0.2) is 28.0 Å². The Balaban J connectivity index is 2.54. The topological polar surface area (TPSA) is 118 Å². The van der Waals surface area contributed by atoms with Crippen molar-refractivity contribution in [2.75, 3.05) is 18.4 Å². The fourth-order valence-corrected chi connectivity index (χ4v) is 3.89. The van der Waals surface area contributed by atoms with Crippen LogP contribution in [0.2, 0.25) is 0 Å². The van der Waals surface area contributed by atoms with Gasteiger partial charge in [-0.1, -0.05) is 0 Å². The van der Waals surface area contributed by atoms with Crippen molar-refractivity contribution in [2.24, 2.45) is 5.14 Å². The highest BCUT2D eigenvalue weighted by Gasteiger charge is 2.48. The van der Waals surface area contributed by atoms with Crippen LogP contribution in [0, 0.1) is 0 Å². The number of halogens is 3. The van der Waals surface area contributed by atoms with Gasteiger partial charge in [-0.2, -0.15) is 13.2 Å². The molecule has 1 heterocycles. The van der Waals surface area contributed by atoms with Crippen LogP contribution in [0.3, 0.4) is 0 Å². The average Bonchev–Trinajstić information content (AvgIpc) is 2.46. The minimum Gasteiger partial charge on any atom is -0.381 e. The number of alkyl halides is 3. The lowest BCUT2D eigenvalue weighted by atomic mass is 10.1. The van der Waals surface area contributed by atoms with E-state index in [1.165, 1.54) is 0 Å². The summed E-state index contributed by atoms with van der Waals surface area (Å²) < 4.78 is 84.9. The van der Waals surface area contributed by atoms with E-state index in [1.54, 1.807) is 0 Å². The SMILES string of the molecule is NS(=O)(=O)c1ccc(NC2CCNCC2)c(S(=O)(=O)C(F)(F)F)c1. The standard InChI is InChI=1S/C12H16F3N3O4S2/c13-12(14,15)23(19,20)11-7-9(24(16,21)22)1-2-10(11)18-8-3-5-17-6-4-8/h1-2,7-8,17-18H,3-6H2,(H2,16,21,22). The maximum atomic E-state index is 12.9. The third-order valence-electron chi connectivity index (χ3n) is 3.57. The van der Waals surface area contributed by atoms with Crippen molar-refractivity contribution in [3.8, 4) is 0 Å². The number of sulfonamides is 1. The quantitative estimate of drug-likeness (QED) is 0.703. The molecule has 4 N–H and O–H groups in total. The highest BCUT2D eigenvalue weighted by molar-refractivity contribution is 7.92. The molecule has 1 aromatic carbocycles. The van der Waals surface area contributed by atoms with Crippen LogP contribution >= 0.6 is 0 Å². The highest BCUT2D eigenvalue weighted by Crippen LogP contribution is 2.36. The van der Waals surface area contributed by atoms with E-state index >= 15 is 0 Å². The van der Waals surface area contributed by atoms with Crippen LogP contribution in [0.1, 0.15) is 12.8 Å². The van der Waals surface area contributed by atoms with E-state index in [1.807, 2.05) is 0 Å². The lowest BCUT2D eigenvalue weighted by Gasteiger charge is -2.26. The van der Waals surface area contributed by atoms with E-state index in [0.717, 1.165) is 12.1 Å². The first-order valence-electron chi connectivity index (χ1n) is 6.88. The Bertz CT molecular complexity index is 816. The zero-order valence-electron chi connectivity index (χ0n) is 12.3. The van der Waals surface area contributed by atoms with E-state index < -0.39 is 35.2 Å². The van der Waals surface area contributed by atoms with E-state index in [4.69, 9.17) is 5.14 Å². The van der Waals surface area contributed by atoms with Crippen molar-refractivity contribution in [3.05, 3.63) is 18.2 Å². The molecule has 0 saturated carbocycles. The zero-order valence-corrected chi connectivity index (χ0v) is 13.9. The Kier molecular flexibility index (Phi) is 5.14. The average molecular weight is 387 g/mol. The number of nitrogens with two attached hydrogens (primary N) is 1. The molecule has 0 aromatic heterocycles. The molecule has 12 heteroatoms. The molecule has 2 rings (SSSR count). The summed E-state index contributed by atoms with van der Waals surface area (Å²) in [6.07, 6.45) is 1.17. The molecule has 24 heavy (non-hydrogen) atoms. The van der Waals surface area contributed by atoms with E-state index in [-0.39, 0.29) is 11.7 Å². The summed E-state index contributed by atoms with van der Waals surface area (Å²) in [7, 11) is -10.1. The first kappa shape index (κ1) is 19.0. The third kappa shape index (κ3) is 3.99. The number of anilines is 1. The van der Waals surface area contributed by atoms with Crippen LogP contribution in [-0.4, -0.2) is 41.5 Å². The largest absolute Gasteiger partial charge is 0.501 e. The lowest BCUT2D eigenvalue weighted by Crippen LogP contribution is -2.36. The normalized spacial score (nSPS) is 17.7. The summed E-state index contributed by atoms with van der Waals surface area (Å²) in [5.41, 5.74) is -5.86. The number of piperidine rings is 1. The van der Waals surface area contributed by atoms with E-state index in [9.17, 15) is 30.0 Å². The molecule has 0 bridgehead atoms. The first-order chi connectivity index (χ1) is 10.9. The van der Waals surface area contributed by atoms with Gasteiger partial charge in [0.15, 0.2) is 0 Å². The van der Waals surface area contributed by atoms with Crippen molar-refractivity contribution in [1.82, 2.24) is 5.32 Å². The summed E-state index contributed by atoms with van der Waals surface area (Å²) in [5.74, 6) is 0. The molecule has 0 aliphatic carbocycles. The van der Waals surface area contributed by atoms with Gasteiger partial charge in [0.2, 0.25) is 10.0 Å². The number of hydrogen-bond acceptors (Lipinski definition) is 6. The van der Waals surface area contributed by atoms with Gasteiger partial charge < -0.3 is 10.6 Å². The summed E-state index contributed by atoms with van der Waals surface area (Å²) in [5, 5.41) is 10.7. The van der Waals surface area contributed by atoms with Gasteiger partial charge in [0, 0.05) is 6.04 Å². The third-order valence-corrected chi connectivity index (χ3v) is 6.01. The second kappa shape index (κ2) is 6.50. The van der Waals surface area contributed by atoms with E-state index in [0.29, 0.717) is 32.0 Å². The Morgan fingerprint density at radius 2 is 1.71 bits per heavy atom. The lowest BCUT2D eigenvalue weighted by molar-refractivity contribution is -0.0435. The van der Waals surface area contributed by atoms with Gasteiger partial charge in [0.25, 0.3) is 9.84 Å². The van der Waals surface area contributed by atoms with Crippen molar-refractivity contribution < 1.29 is 30.0 Å². The molecule has 0 unspecified atom stereocenters. The van der Waals surface area contributed by atoms with Gasteiger partial charge in [-0.05, 0) is 44.1 Å². The van der Waals surface area contributed by atoms with Gasteiger partial charge in [-0.15, -0.1) is 0 Å². The molecule has 0 spiro atoms. The van der Waals surface area contributed by atoms with Crippen LogP contribution in [0.4, 0.5) is 18.9 Å². The van der Waals surface area contributed by atoms with Crippen molar-refractivity contribution in [1.29, 1.82) is 0 Å². The molecule has 0 amide bonds. The van der Waals surface area contributed by atoms with Crippen LogP contribution < -0.4 is 15.8 Å². The van der Waals surface area contributed by atoms with Crippen LogP contribution in [-0.2, 0) is 19.9 Å². The van der Waals surface area contributed by atoms with Crippen LogP contribution in [0.25, 0.3) is 0 Å². The minimum absolute atomic E-state index is 0.228. The van der Waals surface area contributed by atoms with Gasteiger partial charge in [0.05, 0.1) is 10.6 Å². The minimum atomic E-state index is -5.74. The molecule has 1 fully saturated rings. The maximum Gasteiger partial charge on any atom is 0.501 e. The fourth-order valence-electron chi connectivity index (χ4n) is 2.33. The molecule has 136 valence electrons. The molecule has 1 aliphatic heterocycles. The zero-order chi connectivity index (χ0) is 18.2. The molecule has 7 nitrogen and oxygen atoms in total. The number of nitrogens with one attached hydrogen (secondary N) is 2. The number of hydrogen-bond donors (Lipinski definition) is 3. The number of benzene rings is 1. The van der Waals surface area contributed by atoms with Gasteiger partial charge in [-0.25, -0.2) is 22.0 Å². The van der Waals surface area contributed by atoms with Crippen molar-refractivity contribution >= 4 is 25.5 Å². The molecule has 1 aromatic rings. The van der Waals surface area contributed by atoms with Crippen molar-refractivity contribution in [3.63, 3.8) is 0 Å². The van der Waals surface area contributed by atoms with E-state index in [2.05, 4.69) is 10.6 Å². The smallest absolute Gasteiger partial charge is 0.381 e. The highest BCUT2D eigenvalue weighted by atomic mass is 32.2. The molecule has 1 aliphatic rings. The fraction of sp³-hybridized carbons (Fsp3) is 0.500. The van der Waals surface area contributed by atoms with Crippen LogP contribution in [0.5, 0.6) is 0 Å². The number of rotatable bonds is 4. The number of sulfone groups is 1. The summed E-state index contributed by atoms with van der Waals surface area (Å²) in [6, 6.07) is 2.16. The second-order valence-corrected chi connectivity index (χ2v) is 8.79. The summed E-state index contributed by atoms with van der Waals surface area (Å²) in [6.45, 7) is 1.27. The van der Waals surface area contributed by atoms with Gasteiger partial charge in [0.1, 0.15) is 4.90 Å². The molecule has 1 saturated heterocycles. The molecule has 0 atom stereocenters. The summed E-state index contributed by atoms with van der Waals surface area (Å²) in [4.78, 5) is -1.86. The van der Waals surface area contributed by atoms with Gasteiger partial charge in [-0.3, -0.25) is 0 Å². The summed E-state index contributed by atoms with van der Waals surface area (Å²) >= 11 is 0. The predicted molar refractivity (Wildman–Crippen MR) is 80.6 cm³/mol. The predicted octanol–water partition coefficient (Wildman–Crippen LogP) is 0.791. The van der Waals surface area contributed by atoms with Gasteiger partial charge >= 0.3 is 5.51 Å². The number of primary sulfonamides is 1. The van der Waals surface area contributed by atoms with Crippen molar-refractivity contribution in [2.45, 2.75) is 34.2 Å². The first-order valence-corrected chi connectivity index (χ1v) is 9.91. The Labute approximate surface area is 137 Å².